The zero-order valence-corrected chi connectivity index (χ0v) is 14.8. The van der Waals surface area contributed by atoms with E-state index in [4.69, 9.17) is 0 Å². The molecule has 0 aromatic rings. The second kappa shape index (κ2) is 9.47. The van der Waals surface area contributed by atoms with Crippen LogP contribution in [0.1, 0.15) is 6.42 Å². The van der Waals surface area contributed by atoms with Gasteiger partial charge in [0.25, 0.3) is 0 Å². The molecular weight excluding hydrogens is 592 g/mol. The molecule has 0 N–H and O–H groups in total. The first-order valence-corrected chi connectivity index (χ1v) is 9.62. The molecule has 0 amide bonds. The highest BCUT2D eigenvalue weighted by molar-refractivity contribution is 14.1. The summed E-state index contributed by atoms with van der Waals surface area (Å²) in [6.45, 7) is 0. The minimum Gasteiger partial charge on any atom is -0.0860 e. The predicted molar refractivity (Wildman–Crippen MR) is 87.1 cm³/mol. The Hall–Kier alpha value is 2.92. The predicted octanol–water partition coefficient (Wildman–Crippen LogP) is 4.35. The standard InChI is InChI=1S/C7H12I4/c8-2-6(3-9)1-7(4-10)5-11/h6-7H,1-5H2. The van der Waals surface area contributed by atoms with Crippen LogP contribution in [0.3, 0.4) is 0 Å². The molecule has 0 saturated carbocycles. The summed E-state index contributed by atoms with van der Waals surface area (Å²) in [5, 5.41) is 0. The van der Waals surface area contributed by atoms with Gasteiger partial charge in [-0.25, -0.2) is 0 Å². The van der Waals surface area contributed by atoms with Crippen LogP contribution in [0.2, 0.25) is 0 Å². The number of hydrogen-bond acceptors (Lipinski definition) is 0. The third-order valence-corrected chi connectivity index (χ3v) is 6.52. The quantitative estimate of drug-likeness (QED) is 0.313. The smallest absolute Gasteiger partial charge is 0.00311 e. The zero-order chi connectivity index (χ0) is 8.69. The third kappa shape index (κ3) is 6.92. The average molecular weight is 604 g/mol. The lowest BCUT2D eigenvalue weighted by molar-refractivity contribution is 0.510. The van der Waals surface area contributed by atoms with E-state index in [2.05, 4.69) is 90.4 Å². The molecule has 0 aliphatic rings. The largest absolute Gasteiger partial charge is 0.0860 e. The van der Waals surface area contributed by atoms with Crippen molar-refractivity contribution in [1.29, 1.82) is 0 Å². The van der Waals surface area contributed by atoms with E-state index in [1.165, 1.54) is 24.1 Å². The minimum atomic E-state index is 0.950. The first-order chi connectivity index (χ1) is 5.28. The second-order valence-electron chi connectivity index (χ2n) is 2.58. The maximum absolute atomic E-state index is 2.51. The van der Waals surface area contributed by atoms with Crippen molar-refractivity contribution < 1.29 is 0 Å². The van der Waals surface area contributed by atoms with Crippen LogP contribution in [-0.4, -0.2) is 17.7 Å². The van der Waals surface area contributed by atoms with Crippen molar-refractivity contribution in [2.45, 2.75) is 6.42 Å². The van der Waals surface area contributed by atoms with E-state index in [0.29, 0.717) is 0 Å². The van der Waals surface area contributed by atoms with E-state index in [0.717, 1.165) is 11.8 Å². The van der Waals surface area contributed by atoms with Gasteiger partial charge in [-0.15, -0.1) is 0 Å². The Labute approximate surface area is 124 Å². The minimum absolute atomic E-state index is 0.950. The molecule has 0 unspecified atom stereocenters. The fourth-order valence-corrected chi connectivity index (χ4v) is 5.87. The maximum atomic E-state index is 2.51. The summed E-state index contributed by atoms with van der Waals surface area (Å²) in [5.74, 6) is 1.90. The van der Waals surface area contributed by atoms with E-state index in [-0.39, 0.29) is 0 Å². The molecule has 0 nitrogen and oxygen atoms in total. The van der Waals surface area contributed by atoms with Gasteiger partial charge in [0.1, 0.15) is 0 Å². The van der Waals surface area contributed by atoms with Crippen LogP contribution < -0.4 is 0 Å². The van der Waals surface area contributed by atoms with Crippen molar-refractivity contribution in [3.8, 4) is 0 Å². The highest BCUT2D eigenvalue weighted by Crippen LogP contribution is 2.20. The van der Waals surface area contributed by atoms with Gasteiger partial charge in [0.2, 0.25) is 0 Å². The molecule has 0 aliphatic heterocycles. The van der Waals surface area contributed by atoms with Crippen molar-refractivity contribution >= 4 is 90.4 Å². The van der Waals surface area contributed by atoms with Gasteiger partial charge in [-0.2, -0.15) is 0 Å². The number of halogens is 4. The van der Waals surface area contributed by atoms with Crippen LogP contribution >= 0.6 is 90.4 Å². The summed E-state index contributed by atoms with van der Waals surface area (Å²) in [5.41, 5.74) is 0. The first-order valence-electron chi connectivity index (χ1n) is 3.52. The zero-order valence-electron chi connectivity index (χ0n) is 6.20. The van der Waals surface area contributed by atoms with Crippen molar-refractivity contribution in [3.63, 3.8) is 0 Å². The lowest BCUT2D eigenvalue weighted by Gasteiger charge is -2.16. The molecule has 0 aromatic carbocycles. The molecule has 11 heavy (non-hydrogen) atoms. The van der Waals surface area contributed by atoms with Gasteiger partial charge in [0.05, 0.1) is 0 Å². The Morgan fingerprint density at radius 2 is 0.909 bits per heavy atom. The molecule has 0 radical (unpaired) electrons. The Morgan fingerprint density at radius 3 is 1.09 bits per heavy atom. The maximum Gasteiger partial charge on any atom is 0.00311 e. The fourth-order valence-electron chi connectivity index (χ4n) is 0.806. The van der Waals surface area contributed by atoms with Crippen molar-refractivity contribution in [3.05, 3.63) is 0 Å². The van der Waals surface area contributed by atoms with Gasteiger partial charge in [0, 0.05) is 17.7 Å². The molecule has 68 valence electrons. The van der Waals surface area contributed by atoms with Crippen molar-refractivity contribution in [1.82, 2.24) is 0 Å². The van der Waals surface area contributed by atoms with E-state index in [1.807, 2.05) is 0 Å². The fraction of sp³-hybridized carbons (Fsp3) is 1.00. The molecule has 0 atom stereocenters. The first kappa shape index (κ1) is 13.9. The van der Waals surface area contributed by atoms with Gasteiger partial charge < -0.3 is 0 Å². The lowest BCUT2D eigenvalue weighted by atomic mass is 10.0. The van der Waals surface area contributed by atoms with E-state index in [9.17, 15) is 0 Å². The Balaban J connectivity index is 3.58. The normalized spacial score (nSPS) is 11.5. The molecule has 0 bridgehead atoms. The monoisotopic (exact) mass is 604 g/mol. The summed E-state index contributed by atoms with van der Waals surface area (Å²) >= 11 is 10.0. The molecule has 0 spiro atoms. The highest BCUT2D eigenvalue weighted by atomic mass is 127. The summed E-state index contributed by atoms with van der Waals surface area (Å²) in [6.07, 6.45) is 1.43. The van der Waals surface area contributed by atoms with Crippen LogP contribution in [0.4, 0.5) is 0 Å². The molecule has 0 aliphatic carbocycles. The molecule has 0 heterocycles. The average Bonchev–Trinajstić information content (AvgIpc) is 2.07. The van der Waals surface area contributed by atoms with Crippen LogP contribution in [0.5, 0.6) is 0 Å². The van der Waals surface area contributed by atoms with E-state index < -0.39 is 0 Å². The van der Waals surface area contributed by atoms with Gasteiger partial charge in [-0.1, -0.05) is 90.4 Å². The van der Waals surface area contributed by atoms with Gasteiger partial charge in [-0.3, -0.25) is 0 Å². The van der Waals surface area contributed by atoms with Crippen LogP contribution in [0.25, 0.3) is 0 Å². The molecule has 0 saturated heterocycles. The Morgan fingerprint density at radius 1 is 0.636 bits per heavy atom. The topological polar surface area (TPSA) is 0 Å². The summed E-state index contributed by atoms with van der Waals surface area (Å²) < 4.78 is 5.30. The summed E-state index contributed by atoms with van der Waals surface area (Å²) in [7, 11) is 0. The van der Waals surface area contributed by atoms with E-state index in [1.54, 1.807) is 0 Å². The number of rotatable bonds is 6. The molecular formula is C7H12I4. The second-order valence-corrected chi connectivity index (χ2v) is 6.11. The van der Waals surface area contributed by atoms with E-state index >= 15 is 0 Å². The summed E-state index contributed by atoms with van der Waals surface area (Å²) in [4.78, 5) is 0. The molecule has 0 aromatic heterocycles. The van der Waals surface area contributed by atoms with Gasteiger partial charge in [0.15, 0.2) is 0 Å². The van der Waals surface area contributed by atoms with Gasteiger partial charge in [-0.05, 0) is 18.3 Å². The number of alkyl halides is 4. The van der Waals surface area contributed by atoms with Crippen LogP contribution in [-0.2, 0) is 0 Å². The molecule has 4 heteroatoms. The Kier molecular flexibility index (Phi) is 12.0. The summed E-state index contributed by atoms with van der Waals surface area (Å²) in [6, 6.07) is 0. The molecule has 0 rings (SSSR count). The van der Waals surface area contributed by atoms with Gasteiger partial charge >= 0.3 is 0 Å². The van der Waals surface area contributed by atoms with Crippen LogP contribution in [0.15, 0.2) is 0 Å². The van der Waals surface area contributed by atoms with Crippen molar-refractivity contribution in [2.24, 2.45) is 11.8 Å². The molecule has 0 fully saturated rings. The van der Waals surface area contributed by atoms with Crippen molar-refractivity contribution in [2.75, 3.05) is 17.7 Å². The third-order valence-electron chi connectivity index (χ3n) is 1.54. The lowest BCUT2D eigenvalue weighted by Crippen LogP contribution is -2.13. The van der Waals surface area contributed by atoms with Crippen LogP contribution in [0, 0.1) is 11.8 Å². The number of hydrogen-bond donors (Lipinski definition) is 0. The highest BCUT2D eigenvalue weighted by Gasteiger charge is 2.12. The SMILES string of the molecule is ICC(CI)CC(CI)CI. The Bertz CT molecular complexity index is 68.5.